The molecule has 2 N–H and O–H groups in total. The lowest BCUT2D eigenvalue weighted by molar-refractivity contribution is 0.249. The van der Waals surface area contributed by atoms with Gasteiger partial charge < -0.3 is 19.2 Å². The predicted molar refractivity (Wildman–Crippen MR) is 70.5 cm³/mol. The SMILES string of the molecule is Cc1nc(NC(=O)NCc2nc(N(C)C)no2)oc1C. The van der Waals surface area contributed by atoms with Gasteiger partial charge in [0.05, 0.1) is 12.2 Å². The Bertz CT molecular complexity index is 584. The highest BCUT2D eigenvalue weighted by molar-refractivity contribution is 5.86. The van der Waals surface area contributed by atoms with Crippen LogP contribution in [0.25, 0.3) is 0 Å². The quantitative estimate of drug-likeness (QED) is 0.861. The van der Waals surface area contributed by atoms with Gasteiger partial charge in [0.1, 0.15) is 5.76 Å². The molecule has 2 amide bonds. The number of carbonyl (C=O) groups is 1. The minimum atomic E-state index is -0.462. The molecule has 0 saturated heterocycles. The Balaban J connectivity index is 1.85. The molecule has 0 saturated carbocycles. The van der Waals surface area contributed by atoms with Crippen LogP contribution in [0.2, 0.25) is 0 Å². The predicted octanol–water partition coefficient (Wildman–Crippen LogP) is 1.06. The third-order valence-electron chi connectivity index (χ3n) is 2.51. The summed E-state index contributed by atoms with van der Waals surface area (Å²) in [7, 11) is 3.59. The van der Waals surface area contributed by atoms with Crippen LogP contribution in [0.1, 0.15) is 17.3 Å². The molecule has 2 aromatic heterocycles. The summed E-state index contributed by atoms with van der Waals surface area (Å²) in [6, 6.07) is -0.312. The number of hydrogen-bond acceptors (Lipinski definition) is 7. The second kappa shape index (κ2) is 5.59. The second-order valence-corrected chi connectivity index (χ2v) is 4.35. The van der Waals surface area contributed by atoms with Gasteiger partial charge >= 0.3 is 12.0 Å². The van der Waals surface area contributed by atoms with E-state index >= 15 is 0 Å². The van der Waals surface area contributed by atoms with Crippen molar-refractivity contribution in [2.45, 2.75) is 20.4 Å². The zero-order valence-electron chi connectivity index (χ0n) is 11.7. The van der Waals surface area contributed by atoms with Gasteiger partial charge in [-0.15, -0.1) is 0 Å². The van der Waals surface area contributed by atoms with Gasteiger partial charge in [-0.1, -0.05) is 0 Å². The van der Waals surface area contributed by atoms with Crippen molar-refractivity contribution in [1.82, 2.24) is 20.4 Å². The van der Waals surface area contributed by atoms with Crippen molar-refractivity contribution in [3.63, 3.8) is 0 Å². The third-order valence-corrected chi connectivity index (χ3v) is 2.51. The fraction of sp³-hybridized carbons (Fsp3) is 0.455. The number of aromatic nitrogens is 3. The highest BCUT2D eigenvalue weighted by Gasteiger charge is 2.11. The van der Waals surface area contributed by atoms with Crippen molar-refractivity contribution >= 4 is 18.0 Å². The largest absolute Gasteiger partial charge is 0.428 e. The van der Waals surface area contributed by atoms with Crippen LogP contribution in [0, 0.1) is 13.8 Å². The first-order valence-electron chi connectivity index (χ1n) is 5.94. The molecule has 0 aromatic carbocycles. The van der Waals surface area contributed by atoms with Gasteiger partial charge in [-0.05, 0) is 19.0 Å². The van der Waals surface area contributed by atoms with Gasteiger partial charge in [-0.3, -0.25) is 5.32 Å². The van der Waals surface area contributed by atoms with Crippen LogP contribution in [0.3, 0.4) is 0 Å². The summed E-state index contributed by atoms with van der Waals surface area (Å²) in [5, 5.41) is 8.77. The van der Waals surface area contributed by atoms with Gasteiger partial charge in [-0.25, -0.2) is 4.79 Å². The van der Waals surface area contributed by atoms with E-state index in [0.29, 0.717) is 17.6 Å². The summed E-state index contributed by atoms with van der Waals surface area (Å²) in [6.07, 6.45) is 0. The van der Waals surface area contributed by atoms with Crippen LogP contribution >= 0.6 is 0 Å². The standard InChI is InChI=1S/C11H16N6O3/c1-6-7(2)19-11(13-6)15-10(18)12-5-8-14-9(16-20-8)17(3)4/h5H2,1-4H3,(H2,12,13,15,18). The van der Waals surface area contributed by atoms with Gasteiger partial charge in [-0.2, -0.15) is 9.97 Å². The molecule has 0 unspecified atom stereocenters. The zero-order valence-corrected chi connectivity index (χ0v) is 11.7. The number of amides is 2. The third kappa shape index (κ3) is 3.25. The minimum Gasteiger partial charge on any atom is -0.428 e. The molecule has 2 rings (SSSR count). The number of carbonyl (C=O) groups excluding carboxylic acids is 1. The summed E-state index contributed by atoms with van der Waals surface area (Å²) in [4.78, 5) is 21.4. The minimum absolute atomic E-state index is 0.116. The van der Waals surface area contributed by atoms with E-state index in [1.807, 2.05) is 0 Å². The first kappa shape index (κ1) is 13.8. The van der Waals surface area contributed by atoms with Gasteiger partial charge in [0, 0.05) is 14.1 Å². The Labute approximate surface area is 115 Å². The molecule has 0 fully saturated rings. The lowest BCUT2D eigenvalue weighted by Gasteiger charge is -2.03. The van der Waals surface area contributed by atoms with E-state index in [0.717, 1.165) is 5.69 Å². The van der Waals surface area contributed by atoms with E-state index in [1.54, 1.807) is 32.8 Å². The molecular weight excluding hydrogens is 264 g/mol. The molecule has 0 atom stereocenters. The molecule has 0 aliphatic rings. The Kier molecular flexibility index (Phi) is 3.87. The Morgan fingerprint density at radius 1 is 1.30 bits per heavy atom. The number of nitrogens with zero attached hydrogens (tertiary/aromatic N) is 4. The van der Waals surface area contributed by atoms with Crippen LogP contribution < -0.4 is 15.5 Å². The molecule has 9 heteroatoms. The Hall–Kier alpha value is -2.58. The number of urea groups is 1. The molecule has 0 radical (unpaired) electrons. The average Bonchev–Trinajstić information content (AvgIpc) is 2.95. The number of hydrogen-bond donors (Lipinski definition) is 2. The van der Waals surface area contributed by atoms with Crippen molar-refractivity contribution in [3.05, 3.63) is 17.3 Å². The van der Waals surface area contributed by atoms with E-state index in [9.17, 15) is 4.79 Å². The molecule has 2 aromatic rings. The van der Waals surface area contributed by atoms with E-state index < -0.39 is 6.03 Å². The highest BCUT2D eigenvalue weighted by Crippen LogP contribution is 2.12. The van der Waals surface area contributed by atoms with E-state index in [2.05, 4.69) is 25.8 Å². The molecule has 0 aliphatic carbocycles. The van der Waals surface area contributed by atoms with Crippen LogP contribution in [0.5, 0.6) is 0 Å². The number of oxazole rings is 1. The molecule has 2 heterocycles. The van der Waals surface area contributed by atoms with Crippen LogP contribution in [0.4, 0.5) is 16.8 Å². The first-order chi connectivity index (χ1) is 9.45. The summed E-state index contributed by atoms with van der Waals surface area (Å²) < 4.78 is 10.2. The van der Waals surface area contributed by atoms with Gasteiger partial charge in [0.15, 0.2) is 0 Å². The Morgan fingerprint density at radius 3 is 2.60 bits per heavy atom. The maximum Gasteiger partial charge on any atom is 0.323 e. The number of aryl methyl sites for hydroxylation is 2. The lowest BCUT2D eigenvalue weighted by Crippen LogP contribution is -2.28. The van der Waals surface area contributed by atoms with Crippen molar-refractivity contribution in [3.8, 4) is 0 Å². The maximum atomic E-state index is 11.6. The monoisotopic (exact) mass is 280 g/mol. The zero-order chi connectivity index (χ0) is 14.7. The van der Waals surface area contributed by atoms with E-state index in [1.165, 1.54) is 0 Å². The van der Waals surface area contributed by atoms with Crippen molar-refractivity contribution in [1.29, 1.82) is 0 Å². The molecule has 0 aliphatic heterocycles. The number of anilines is 2. The van der Waals surface area contributed by atoms with E-state index in [-0.39, 0.29) is 12.6 Å². The van der Waals surface area contributed by atoms with Crippen molar-refractivity contribution in [2.75, 3.05) is 24.3 Å². The number of rotatable bonds is 4. The summed E-state index contributed by atoms with van der Waals surface area (Å²) in [5.74, 6) is 1.41. The molecule has 108 valence electrons. The normalized spacial score (nSPS) is 10.4. The maximum absolute atomic E-state index is 11.6. The highest BCUT2D eigenvalue weighted by atomic mass is 16.5. The fourth-order valence-corrected chi connectivity index (χ4v) is 1.32. The van der Waals surface area contributed by atoms with Gasteiger partial charge in [0.2, 0.25) is 5.89 Å². The van der Waals surface area contributed by atoms with Crippen LogP contribution in [-0.2, 0) is 6.54 Å². The summed E-state index contributed by atoms with van der Waals surface area (Å²) in [6.45, 7) is 3.68. The summed E-state index contributed by atoms with van der Waals surface area (Å²) >= 11 is 0. The fourth-order valence-electron chi connectivity index (χ4n) is 1.32. The molecule has 0 spiro atoms. The van der Waals surface area contributed by atoms with E-state index in [4.69, 9.17) is 8.94 Å². The van der Waals surface area contributed by atoms with Crippen molar-refractivity contribution < 1.29 is 13.7 Å². The molecular formula is C11H16N6O3. The van der Waals surface area contributed by atoms with Crippen molar-refractivity contribution in [2.24, 2.45) is 0 Å². The molecule has 0 bridgehead atoms. The van der Waals surface area contributed by atoms with Gasteiger partial charge in [0.25, 0.3) is 5.95 Å². The lowest BCUT2D eigenvalue weighted by atomic mass is 10.4. The Morgan fingerprint density at radius 2 is 2.05 bits per heavy atom. The van der Waals surface area contributed by atoms with Crippen LogP contribution in [-0.4, -0.2) is 35.3 Å². The summed E-state index contributed by atoms with van der Waals surface area (Å²) in [5.41, 5.74) is 0.729. The smallest absolute Gasteiger partial charge is 0.323 e. The molecule has 20 heavy (non-hydrogen) atoms. The average molecular weight is 280 g/mol. The second-order valence-electron chi connectivity index (χ2n) is 4.35. The van der Waals surface area contributed by atoms with Crippen LogP contribution in [0.15, 0.2) is 8.94 Å². The molecule has 9 nitrogen and oxygen atoms in total. The topological polar surface area (TPSA) is 109 Å². The number of nitrogens with one attached hydrogen (secondary N) is 2. The first-order valence-corrected chi connectivity index (χ1v) is 5.94.